The van der Waals surface area contributed by atoms with Crippen molar-refractivity contribution in [2.24, 2.45) is 17.3 Å². The van der Waals surface area contributed by atoms with Crippen LogP contribution in [-0.4, -0.2) is 20.7 Å². The molecule has 1 aromatic heterocycles. The number of carbonyl (C=O) groups excluding carboxylic acids is 1. The van der Waals surface area contributed by atoms with Gasteiger partial charge >= 0.3 is 0 Å². The summed E-state index contributed by atoms with van der Waals surface area (Å²) in [5, 5.41) is 7.26. The summed E-state index contributed by atoms with van der Waals surface area (Å²) in [6.45, 7) is 0. The van der Waals surface area contributed by atoms with Gasteiger partial charge in [-0.05, 0) is 74.1 Å². The number of nitrogens with zero attached hydrogens (tertiary/aromatic N) is 3. The van der Waals surface area contributed by atoms with Crippen molar-refractivity contribution in [2.45, 2.75) is 44.1 Å². The molecule has 0 unspecified atom stereocenters. The molecule has 1 N–H and O–H groups in total. The number of nitrogens with one attached hydrogen (secondary N) is 1. The molecule has 1 amide bonds. The van der Waals surface area contributed by atoms with Crippen LogP contribution in [0.25, 0.3) is 0 Å². The Balaban J connectivity index is 1.47. The second kappa shape index (κ2) is 5.74. The second-order valence-corrected chi connectivity index (χ2v) is 8.84. The average molecular weight is 393 g/mol. The number of amides is 1. The predicted molar refractivity (Wildman–Crippen MR) is 95.1 cm³/mol. The Hall–Kier alpha value is -2.02. The van der Waals surface area contributed by atoms with Gasteiger partial charge in [-0.1, -0.05) is 0 Å². The Morgan fingerprint density at radius 2 is 1.96 bits per heavy atom. The van der Waals surface area contributed by atoms with E-state index in [-0.39, 0.29) is 22.4 Å². The fraction of sp³-hybridized carbons (Fsp3) is 0.526. The first-order chi connectivity index (χ1) is 12.9. The molecule has 1 aromatic carbocycles. The molecule has 5 nitrogen and oxygen atoms in total. The maximum absolute atomic E-state index is 14.0. The van der Waals surface area contributed by atoms with Gasteiger partial charge in [0.15, 0.2) is 0 Å². The number of aromatic nitrogens is 3. The highest BCUT2D eigenvalue weighted by Crippen LogP contribution is 2.64. The number of benzene rings is 1. The van der Waals surface area contributed by atoms with Crippen LogP contribution >= 0.6 is 11.6 Å². The van der Waals surface area contributed by atoms with Crippen molar-refractivity contribution in [1.29, 1.82) is 0 Å². The summed E-state index contributed by atoms with van der Waals surface area (Å²) in [6.07, 6.45) is 6.92. The van der Waals surface area contributed by atoms with E-state index < -0.39 is 17.0 Å². The fourth-order valence-corrected chi connectivity index (χ4v) is 6.19. The number of hydrogen-bond acceptors (Lipinski definition) is 3. The minimum atomic E-state index is -0.758. The molecule has 2 aromatic rings. The van der Waals surface area contributed by atoms with E-state index in [1.54, 1.807) is 6.33 Å². The third-order valence-corrected chi connectivity index (χ3v) is 6.81. The summed E-state index contributed by atoms with van der Waals surface area (Å²) in [4.78, 5) is 17.3. The van der Waals surface area contributed by atoms with Crippen LogP contribution < -0.4 is 5.32 Å². The lowest BCUT2D eigenvalue weighted by Crippen LogP contribution is -2.60. The first-order valence-corrected chi connectivity index (χ1v) is 9.60. The molecular weight excluding hydrogens is 374 g/mol. The molecule has 0 spiro atoms. The monoisotopic (exact) mass is 392 g/mol. The topological polar surface area (TPSA) is 59.8 Å². The number of hydrogen-bond donors (Lipinski definition) is 1. The van der Waals surface area contributed by atoms with Crippen LogP contribution in [0.5, 0.6) is 0 Å². The second-order valence-electron chi connectivity index (χ2n) is 8.50. The van der Waals surface area contributed by atoms with E-state index in [0.29, 0.717) is 18.3 Å². The number of rotatable bonds is 3. The van der Waals surface area contributed by atoms with E-state index in [0.717, 1.165) is 44.2 Å². The maximum Gasteiger partial charge on any atom is 0.242 e. The van der Waals surface area contributed by atoms with Crippen LogP contribution in [0.1, 0.15) is 38.5 Å². The lowest BCUT2D eigenvalue weighted by atomic mass is 9.46. The lowest BCUT2D eigenvalue weighted by Gasteiger charge is -2.60. The number of carbonyl (C=O) groups is 1. The molecule has 0 aliphatic heterocycles. The van der Waals surface area contributed by atoms with E-state index in [4.69, 9.17) is 11.6 Å². The Morgan fingerprint density at radius 3 is 2.59 bits per heavy atom. The van der Waals surface area contributed by atoms with Crippen molar-refractivity contribution >= 4 is 23.2 Å². The van der Waals surface area contributed by atoms with Crippen molar-refractivity contribution in [2.75, 3.05) is 5.32 Å². The van der Waals surface area contributed by atoms with E-state index in [9.17, 15) is 13.6 Å². The minimum absolute atomic E-state index is 0.0231. The van der Waals surface area contributed by atoms with Gasteiger partial charge in [0.2, 0.25) is 11.2 Å². The Bertz CT molecular complexity index is 916. The molecule has 6 rings (SSSR count). The largest absolute Gasteiger partial charge is 0.323 e. The van der Waals surface area contributed by atoms with Crippen molar-refractivity contribution in [1.82, 2.24) is 14.8 Å². The molecule has 0 radical (unpaired) electrons. The summed E-state index contributed by atoms with van der Waals surface area (Å²) < 4.78 is 29.0. The highest BCUT2D eigenvalue weighted by molar-refractivity contribution is 6.28. The Morgan fingerprint density at radius 1 is 1.22 bits per heavy atom. The molecule has 4 bridgehead atoms. The molecule has 4 aliphatic carbocycles. The summed E-state index contributed by atoms with van der Waals surface area (Å²) in [7, 11) is 0. The van der Waals surface area contributed by atoms with Crippen LogP contribution in [0.2, 0.25) is 5.28 Å². The Kier molecular flexibility index (Phi) is 3.63. The van der Waals surface area contributed by atoms with Crippen LogP contribution in [0.4, 0.5) is 14.5 Å². The van der Waals surface area contributed by atoms with E-state index in [1.165, 1.54) is 6.07 Å². The third kappa shape index (κ3) is 2.66. The van der Waals surface area contributed by atoms with Crippen LogP contribution in [0.15, 0.2) is 24.5 Å². The zero-order valence-corrected chi connectivity index (χ0v) is 15.3. The van der Waals surface area contributed by atoms with Crippen LogP contribution in [-0.2, 0) is 10.3 Å². The lowest BCUT2D eigenvalue weighted by molar-refractivity contribution is -0.150. The van der Waals surface area contributed by atoms with Gasteiger partial charge < -0.3 is 5.32 Å². The highest BCUT2D eigenvalue weighted by atomic mass is 35.5. The van der Waals surface area contributed by atoms with Crippen molar-refractivity contribution in [3.05, 3.63) is 41.4 Å². The zero-order valence-electron chi connectivity index (χ0n) is 14.6. The molecule has 2 atom stereocenters. The summed E-state index contributed by atoms with van der Waals surface area (Å²) in [6, 6.07) is 3.21. The minimum Gasteiger partial charge on any atom is -0.323 e. The molecule has 27 heavy (non-hydrogen) atoms. The average Bonchev–Trinajstić information content (AvgIpc) is 3.03. The smallest absolute Gasteiger partial charge is 0.242 e. The standard InChI is InChI=1S/C19H19ClF2N4O/c20-17-23-10-26(25-17)19-7-11-3-12(8-19)6-18(5-11,9-19)16(27)24-15-2-1-13(21)4-14(15)22/h1-2,4,10-12H,3,5-9H2,(H,24,27)/t11-,12-,18?,19?/m0/s1. The van der Waals surface area contributed by atoms with E-state index in [1.807, 2.05) is 4.68 Å². The quantitative estimate of drug-likeness (QED) is 0.853. The molecule has 8 heteroatoms. The summed E-state index contributed by atoms with van der Waals surface area (Å²) in [5.74, 6) is -0.748. The van der Waals surface area contributed by atoms with Gasteiger partial charge in [-0.3, -0.25) is 4.79 Å². The Labute approximate surface area is 160 Å². The SMILES string of the molecule is O=C(Nc1ccc(F)cc1F)C12C[C@@H]3C[C@@H](C1)CC(n1cnc(Cl)n1)(C3)C2. The van der Waals surface area contributed by atoms with Gasteiger partial charge in [0, 0.05) is 6.07 Å². The van der Waals surface area contributed by atoms with Gasteiger partial charge in [-0.25, -0.2) is 18.4 Å². The predicted octanol–water partition coefficient (Wildman–Crippen LogP) is 4.14. The molecular formula is C19H19ClF2N4O. The van der Waals surface area contributed by atoms with Gasteiger partial charge in [-0.2, -0.15) is 0 Å². The molecule has 1 heterocycles. The molecule has 4 aliphatic rings. The number of halogens is 3. The van der Waals surface area contributed by atoms with Crippen LogP contribution in [0, 0.1) is 28.9 Å². The first-order valence-electron chi connectivity index (χ1n) is 9.22. The molecule has 4 fully saturated rings. The van der Waals surface area contributed by atoms with Gasteiger partial charge in [0.25, 0.3) is 0 Å². The zero-order chi connectivity index (χ0) is 18.8. The fourth-order valence-electron chi connectivity index (χ4n) is 6.07. The summed E-state index contributed by atoms with van der Waals surface area (Å²) >= 11 is 5.94. The number of anilines is 1. The maximum atomic E-state index is 14.0. The van der Waals surface area contributed by atoms with Crippen molar-refractivity contribution in [3.63, 3.8) is 0 Å². The van der Waals surface area contributed by atoms with Crippen molar-refractivity contribution < 1.29 is 13.6 Å². The van der Waals surface area contributed by atoms with Gasteiger partial charge in [0.1, 0.15) is 18.0 Å². The summed E-state index contributed by atoms with van der Waals surface area (Å²) in [5.41, 5.74) is -0.804. The highest BCUT2D eigenvalue weighted by Gasteiger charge is 2.61. The molecule has 142 valence electrons. The van der Waals surface area contributed by atoms with Gasteiger partial charge in [-0.15, -0.1) is 5.10 Å². The first kappa shape index (κ1) is 17.1. The normalized spacial score (nSPS) is 34.0. The molecule has 0 saturated heterocycles. The third-order valence-electron chi connectivity index (χ3n) is 6.64. The van der Waals surface area contributed by atoms with Crippen molar-refractivity contribution in [3.8, 4) is 0 Å². The van der Waals surface area contributed by atoms with E-state index in [2.05, 4.69) is 15.4 Å². The van der Waals surface area contributed by atoms with Crippen LogP contribution in [0.3, 0.4) is 0 Å². The molecule has 4 saturated carbocycles. The van der Waals surface area contributed by atoms with Gasteiger partial charge in [0.05, 0.1) is 16.6 Å². The van der Waals surface area contributed by atoms with E-state index >= 15 is 0 Å².